The van der Waals surface area contributed by atoms with Crippen LogP contribution in [0, 0.1) is 15.9 Å². The summed E-state index contributed by atoms with van der Waals surface area (Å²) in [7, 11) is 0. The first-order valence-corrected chi connectivity index (χ1v) is 12.9. The summed E-state index contributed by atoms with van der Waals surface area (Å²) in [4.78, 5) is 53.6. The molecule has 1 spiro atoms. The zero-order chi connectivity index (χ0) is 27.6. The predicted octanol–water partition coefficient (Wildman–Crippen LogP) is 2.50. The van der Waals surface area contributed by atoms with E-state index in [0.717, 1.165) is 12.8 Å². The number of halogens is 1. The molecule has 0 saturated carbocycles. The fraction of sp³-hybridized carbons (Fsp3) is 0.444. The lowest BCUT2D eigenvalue weighted by Gasteiger charge is -2.44. The number of nitro benzene ring substituents is 1. The molecule has 2 atom stereocenters. The van der Waals surface area contributed by atoms with Gasteiger partial charge in [0.25, 0.3) is 17.5 Å². The van der Waals surface area contributed by atoms with Crippen LogP contribution in [0.25, 0.3) is 0 Å². The molecule has 2 aromatic rings. The highest BCUT2D eigenvalue weighted by Gasteiger charge is 2.54. The number of amides is 3. The van der Waals surface area contributed by atoms with E-state index in [2.05, 4.69) is 5.32 Å². The van der Waals surface area contributed by atoms with Gasteiger partial charge in [-0.15, -0.1) is 0 Å². The summed E-state index contributed by atoms with van der Waals surface area (Å²) in [5.74, 6) is -1.69. The van der Waals surface area contributed by atoms with E-state index in [1.54, 1.807) is 4.90 Å². The molecule has 206 valence electrons. The van der Waals surface area contributed by atoms with Crippen molar-refractivity contribution in [2.75, 3.05) is 32.8 Å². The molecule has 2 unspecified atom stereocenters. The van der Waals surface area contributed by atoms with E-state index in [1.165, 1.54) is 53.4 Å². The zero-order valence-corrected chi connectivity index (χ0v) is 21.2. The van der Waals surface area contributed by atoms with Gasteiger partial charge in [-0.05, 0) is 43.2 Å². The summed E-state index contributed by atoms with van der Waals surface area (Å²) < 4.78 is 25.3. The number of ether oxygens (including phenoxy) is 2. The number of benzene rings is 2. The largest absolute Gasteiger partial charge is 0.376 e. The number of hydrogen-bond donors (Lipinski definition) is 1. The Balaban J connectivity index is 1.34. The number of carbonyl (C=O) groups is 3. The Morgan fingerprint density at radius 1 is 1.08 bits per heavy atom. The SMILES string of the molecule is O=C(NCC1CCCO1)C1COC2(CCN(C(=O)c3cccc([N+](=O)[O-])c3)CC2)N1C(=O)c1ccc(F)cc1. The molecule has 3 heterocycles. The molecule has 3 saturated heterocycles. The second kappa shape index (κ2) is 11.1. The van der Waals surface area contributed by atoms with E-state index < -0.39 is 28.4 Å². The van der Waals surface area contributed by atoms with E-state index >= 15 is 0 Å². The molecule has 3 amide bonds. The highest BCUT2D eigenvalue weighted by Crippen LogP contribution is 2.39. The van der Waals surface area contributed by atoms with E-state index in [0.29, 0.717) is 13.2 Å². The first-order chi connectivity index (χ1) is 18.8. The van der Waals surface area contributed by atoms with Gasteiger partial charge in [0, 0.05) is 62.3 Å². The second-order valence-corrected chi connectivity index (χ2v) is 9.93. The van der Waals surface area contributed by atoms with Crippen molar-refractivity contribution in [3.05, 3.63) is 75.6 Å². The van der Waals surface area contributed by atoms with Crippen LogP contribution in [0.3, 0.4) is 0 Å². The summed E-state index contributed by atoms with van der Waals surface area (Å²) in [6, 6.07) is 9.72. The molecular weight excluding hydrogens is 511 g/mol. The van der Waals surface area contributed by atoms with Crippen molar-refractivity contribution in [3.8, 4) is 0 Å². The average Bonchev–Trinajstić information content (AvgIpc) is 3.60. The molecule has 5 rings (SSSR count). The maximum atomic E-state index is 13.7. The van der Waals surface area contributed by atoms with Crippen LogP contribution in [0.1, 0.15) is 46.4 Å². The Bertz CT molecular complexity index is 1260. The standard InChI is InChI=1S/C27H29FN4O7/c28-20-8-6-18(7-9-20)26(35)31-23(24(33)29-16-22-5-2-14-38-22)17-39-27(31)10-12-30(13-11-27)25(34)19-3-1-4-21(15-19)32(36)37/h1,3-4,6-9,15,22-23H,2,5,10-14,16-17H2,(H,29,33). The summed E-state index contributed by atoms with van der Waals surface area (Å²) in [6.45, 7) is 1.37. The summed E-state index contributed by atoms with van der Waals surface area (Å²) in [5, 5.41) is 14.0. The highest BCUT2D eigenvalue weighted by molar-refractivity contribution is 5.98. The molecule has 0 aromatic heterocycles. The number of carbonyl (C=O) groups excluding carboxylic acids is 3. The van der Waals surface area contributed by atoms with Gasteiger partial charge in [0.1, 0.15) is 17.6 Å². The van der Waals surface area contributed by atoms with Crippen LogP contribution >= 0.6 is 0 Å². The van der Waals surface area contributed by atoms with Gasteiger partial charge in [-0.2, -0.15) is 0 Å². The Labute approximate surface area is 224 Å². The van der Waals surface area contributed by atoms with Crippen LogP contribution < -0.4 is 5.32 Å². The second-order valence-electron chi connectivity index (χ2n) is 9.93. The van der Waals surface area contributed by atoms with Crippen molar-refractivity contribution < 1.29 is 33.2 Å². The van der Waals surface area contributed by atoms with Gasteiger partial charge in [0.2, 0.25) is 5.91 Å². The normalized spacial score (nSPS) is 22.2. The Kier molecular flexibility index (Phi) is 7.58. The van der Waals surface area contributed by atoms with Crippen LogP contribution in [0.4, 0.5) is 10.1 Å². The third kappa shape index (κ3) is 5.48. The summed E-state index contributed by atoms with van der Waals surface area (Å²) >= 11 is 0. The van der Waals surface area contributed by atoms with Gasteiger partial charge in [-0.3, -0.25) is 29.4 Å². The van der Waals surface area contributed by atoms with Crippen LogP contribution in [0.5, 0.6) is 0 Å². The molecule has 39 heavy (non-hydrogen) atoms. The van der Waals surface area contributed by atoms with E-state index in [-0.39, 0.29) is 67.3 Å². The molecule has 0 bridgehead atoms. The molecular formula is C27H29FN4O7. The molecule has 12 heteroatoms. The van der Waals surface area contributed by atoms with Gasteiger partial charge in [-0.1, -0.05) is 6.07 Å². The fourth-order valence-electron chi connectivity index (χ4n) is 5.43. The molecule has 0 radical (unpaired) electrons. The number of nitro groups is 1. The van der Waals surface area contributed by atoms with Gasteiger partial charge in [0.05, 0.1) is 17.6 Å². The molecule has 3 fully saturated rings. The van der Waals surface area contributed by atoms with Gasteiger partial charge >= 0.3 is 0 Å². The molecule has 3 aliphatic heterocycles. The van der Waals surface area contributed by atoms with Crippen LogP contribution in [0.2, 0.25) is 0 Å². The lowest BCUT2D eigenvalue weighted by molar-refractivity contribution is -0.384. The molecule has 3 aliphatic rings. The smallest absolute Gasteiger partial charge is 0.270 e. The minimum atomic E-state index is -1.14. The fourth-order valence-corrected chi connectivity index (χ4v) is 5.43. The van der Waals surface area contributed by atoms with E-state index in [9.17, 15) is 28.9 Å². The van der Waals surface area contributed by atoms with Crippen molar-refractivity contribution in [2.24, 2.45) is 0 Å². The third-order valence-electron chi connectivity index (χ3n) is 7.54. The molecule has 1 N–H and O–H groups in total. The number of nitrogens with one attached hydrogen (secondary N) is 1. The number of non-ortho nitro benzene ring substituents is 1. The van der Waals surface area contributed by atoms with Crippen molar-refractivity contribution >= 4 is 23.4 Å². The van der Waals surface area contributed by atoms with Crippen molar-refractivity contribution in [1.29, 1.82) is 0 Å². The monoisotopic (exact) mass is 540 g/mol. The van der Waals surface area contributed by atoms with Crippen molar-refractivity contribution in [3.63, 3.8) is 0 Å². The number of likely N-dealkylation sites (tertiary alicyclic amines) is 1. The Morgan fingerprint density at radius 3 is 2.49 bits per heavy atom. The Morgan fingerprint density at radius 2 is 1.82 bits per heavy atom. The maximum Gasteiger partial charge on any atom is 0.270 e. The number of hydrogen-bond acceptors (Lipinski definition) is 7. The van der Waals surface area contributed by atoms with E-state index in [4.69, 9.17) is 9.47 Å². The lowest BCUT2D eigenvalue weighted by Crippen LogP contribution is -2.60. The van der Waals surface area contributed by atoms with Crippen LogP contribution in [0.15, 0.2) is 48.5 Å². The van der Waals surface area contributed by atoms with Crippen LogP contribution in [-0.4, -0.2) is 83.2 Å². The van der Waals surface area contributed by atoms with Crippen LogP contribution in [-0.2, 0) is 14.3 Å². The highest BCUT2D eigenvalue weighted by atomic mass is 19.1. The average molecular weight is 541 g/mol. The quantitative estimate of drug-likeness (QED) is 0.440. The summed E-state index contributed by atoms with van der Waals surface area (Å²) in [5.41, 5.74) is -0.913. The summed E-state index contributed by atoms with van der Waals surface area (Å²) in [6.07, 6.45) is 2.16. The molecule has 2 aromatic carbocycles. The predicted molar refractivity (Wildman–Crippen MR) is 135 cm³/mol. The topological polar surface area (TPSA) is 131 Å². The van der Waals surface area contributed by atoms with Crippen molar-refractivity contribution in [1.82, 2.24) is 15.1 Å². The Hall–Kier alpha value is -3.90. The minimum absolute atomic E-state index is 0.0247. The molecule has 0 aliphatic carbocycles. The third-order valence-corrected chi connectivity index (χ3v) is 7.54. The van der Waals surface area contributed by atoms with Crippen molar-refractivity contribution in [2.45, 2.75) is 43.6 Å². The first kappa shape index (κ1) is 26.7. The number of piperidine rings is 1. The van der Waals surface area contributed by atoms with Gasteiger partial charge in [-0.25, -0.2) is 4.39 Å². The van der Waals surface area contributed by atoms with Gasteiger partial charge in [0.15, 0.2) is 0 Å². The first-order valence-electron chi connectivity index (χ1n) is 12.9. The number of rotatable bonds is 6. The zero-order valence-electron chi connectivity index (χ0n) is 21.2. The molecule has 11 nitrogen and oxygen atoms in total. The maximum absolute atomic E-state index is 13.7. The lowest BCUT2D eigenvalue weighted by atomic mass is 9.96. The minimum Gasteiger partial charge on any atom is -0.376 e. The van der Waals surface area contributed by atoms with Gasteiger partial charge < -0.3 is 19.7 Å². The number of nitrogens with zero attached hydrogens (tertiary/aromatic N) is 3. The van der Waals surface area contributed by atoms with E-state index in [1.807, 2.05) is 0 Å².